The topological polar surface area (TPSA) is 25.8 Å². The first-order valence-corrected chi connectivity index (χ1v) is 2.33. The Hall–Kier alpha value is -1.18. The molecule has 1 rings (SSSR count). The van der Waals surface area contributed by atoms with E-state index in [9.17, 15) is 0 Å². The quantitative estimate of drug-likeness (QED) is 0.536. The zero-order valence-electron chi connectivity index (χ0n) is 4.41. The van der Waals surface area contributed by atoms with E-state index in [1.807, 2.05) is 0 Å². The first kappa shape index (κ1) is 4.97. The Kier molecular flexibility index (Phi) is 1.37. The lowest BCUT2D eigenvalue weighted by Crippen LogP contribution is -1.80. The summed E-state index contributed by atoms with van der Waals surface area (Å²) in [6.07, 6.45) is 4.98. The predicted molar refractivity (Wildman–Crippen MR) is 32.1 cm³/mol. The van der Waals surface area contributed by atoms with Gasteiger partial charge in [0.15, 0.2) is 5.82 Å². The Balaban J connectivity index is 2.99. The predicted octanol–water partition coefficient (Wildman–Crippen LogP) is 1.12. The molecule has 8 heavy (non-hydrogen) atoms. The maximum absolute atomic E-state index is 3.87. The number of hydrogen-bond acceptors (Lipinski definition) is 2. The van der Waals surface area contributed by atoms with E-state index in [-0.39, 0.29) is 0 Å². The standard InChI is InChI=1S/C6H6N2/c1-2-6-7-4-3-5-8-6/h2-5H,1H2. The van der Waals surface area contributed by atoms with E-state index < -0.39 is 0 Å². The van der Waals surface area contributed by atoms with Crippen LogP contribution in [0.2, 0.25) is 0 Å². The summed E-state index contributed by atoms with van der Waals surface area (Å²) >= 11 is 0. The molecule has 0 N–H and O–H groups in total. The molecule has 2 nitrogen and oxygen atoms in total. The summed E-state index contributed by atoms with van der Waals surface area (Å²) in [5.74, 6) is 0.674. The number of rotatable bonds is 1. The molecule has 0 radical (unpaired) electrons. The highest BCUT2D eigenvalue weighted by Crippen LogP contribution is 1.85. The fraction of sp³-hybridized carbons (Fsp3) is 0. The number of nitrogens with zero attached hydrogens (tertiary/aromatic N) is 2. The molecule has 0 spiro atoms. The van der Waals surface area contributed by atoms with Gasteiger partial charge in [0, 0.05) is 12.4 Å². The van der Waals surface area contributed by atoms with Crippen LogP contribution in [0, 0.1) is 0 Å². The molecule has 0 aliphatic heterocycles. The van der Waals surface area contributed by atoms with Gasteiger partial charge in [0.1, 0.15) is 0 Å². The summed E-state index contributed by atoms with van der Waals surface area (Å²) in [6, 6.07) is 1.77. The molecule has 0 aliphatic carbocycles. The average molecular weight is 106 g/mol. The molecule has 0 unspecified atom stereocenters. The summed E-state index contributed by atoms with van der Waals surface area (Å²) in [6.45, 7) is 3.51. The summed E-state index contributed by atoms with van der Waals surface area (Å²) in [5.41, 5.74) is 0. The van der Waals surface area contributed by atoms with Crippen molar-refractivity contribution in [1.29, 1.82) is 0 Å². The second-order valence-corrected chi connectivity index (χ2v) is 1.31. The Morgan fingerprint density at radius 2 is 2.00 bits per heavy atom. The van der Waals surface area contributed by atoms with Crippen LogP contribution in [0.4, 0.5) is 0 Å². The lowest BCUT2D eigenvalue weighted by molar-refractivity contribution is 1.14. The van der Waals surface area contributed by atoms with Crippen LogP contribution in [0.1, 0.15) is 5.82 Å². The molecule has 0 atom stereocenters. The van der Waals surface area contributed by atoms with Crippen LogP contribution in [0.5, 0.6) is 0 Å². The molecule has 0 saturated carbocycles. The second-order valence-electron chi connectivity index (χ2n) is 1.31. The SMILES string of the molecule is C=Cc1ncccn1. The molecule has 1 heterocycles. The zero-order valence-corrected chi connectivity index (χ0v) is 4.41. The van der Waals surface area contributed by atoms with Crippen molar-refractivity contribution >= 4 is 6.08 Å². The minimum Gasteiger partial charge on any atom is -0.237 e. The van der Waals surface area contributed by atoms with Crippen molar-refractivity contribution in [2.24, 2.45) is 0 Å². The molecule has 0 aliphatic rings. The summed E-state index contributed by atoms with van der Waals surface area (Å²) in [5, 5.41) is 0. The molecular weight excluding hydrogens is 100 g/mol. The van der Waals surface area contributed by atoms with E-state index in [0.29, 0.717) is 5.82 Å². The second kappa shape index (κ2) is 2.21. The van der Waals surface area contributed by atoms with Gasteiger partial charge in [-0.15, -0.1) is 0 Å². The van der Waals surface area contributed by atoms with Crippen LogP contribution in [-0.2, 0) is 0 Å². The largest absolute Gasteiger partial charge is 0.237 e. The third-order valence-electron chi connectivity index (χ3n) is 0.768. The molecule has 40 valence electrons. The molecule has 0 aromatic carbocycles. The normalized spacial score (nSPS) is 8.50. The van der Waals surface area contributed by atoms with Crippen LogP contribution >= 0.6 is 0 Å². The molecule has 1 aromatic rings. The first-order chi connectivity index (χ1) is 3.93. The molecule has 0 bridgehead atoms. The van der Waals surface area contributed by atoms with Crippen molar-refractivity contribution in [2.75, 3.05) is 0 Å². The molecular formula is C6H6N2. The molecule has 1 aromatic heterocycles. The molecule has 0 fully saturated rings. The lowest BCUT2D eigenvalue weighted by atomic mass is 10.5. The maximum Gasteiger partial charge on any atom is 0.151 e. The fourth-order valence-corrected chi connectivity index (χ4v) is 0.416. The highest BCUT2D eigenvalue weighted by atomic mass is 14.8. The van der Waals surface area contributed by atoms with Gasteiger partial charge in [-0.2, -0.15) is 0 Å². The van der Waals surface area contributed by atoms with Crippen molar-refractivity contribution < 1.29 is 0 Å². The summed E-state index contributed by atoms with van der Waals surface area (Å²) < 4.78 is 0. The fourth-order valence-electron chi connectivity index (χ4n) is 0.416. The lowest BCUT2D eigenvalue weighted by Gasteiger charge is -1.83. The smallest absolute Gasteiger partial charge is 0.151 e. The molecule has 0 saturated heterocycles. The highest BCUT2D eigenvalue weighted by molar-refractivity contribution is 5.34. The Labute approximate surface area is 47.9 Å². The third kappa shape index (κ3) is 0.904. The van der Waals surface area contributed by atoms with E-state index in [2.05, 4.69) is 16.5 Å². The van der Waals surface area contributed by atoms with Gasteiger partial charge in [-0.1, -0.05) is 6.58 Å². The first-order valence-electron chi connectivity index (χ1n) is 2.33. The van der Waals surface area contributed by atoms with Gasteiger partial charge in [-0.3, -0.25) is 0 Å². The number of hydrogen-bond donors (Lipinski definition) is 0. The highest BCUT2D eigenvalue weighted by Gasteiger charge is 1.79. The van der Waals surface area contributed by atoms with E-state index in [1.165, 1.54) is 0 Å². The van der Waals surface area contributed by atoms with Crippen molar-refractivity contribution in [3.8, 4) is 0 Å². The monoisotopic (exact) mass is 106 g/mol. The minimum absolute atomic E-state index is 0.674. The summed E-state index contributed by atoms with van der Waals surface area (Å²) in [7, 11) is 0. The van der Waals surface area contributed by atoms with Crippen LogP contribution in [0.25, 0.3) is 6.08 Å². The van der Waals surface area contributed by atoms with E-state index in [0.717, 1.165) is 0 Å². The Bertz CT molecular complexity index is 169. The Morgan fingerprint density at radius 1 is 1.38 bits per heavy atom. The van der Waals surface area contributed by atoms with Crippen LogP contribution < -0.4 is 0 Å². The molecule has 2 heteroatoms. The van der Waals surface area contributed by atoms with Crippen LogP contribution in [0.3, 0.4) is 0 Å². The van der Waals surface area contributed by atoms with Gasteiger partial charge in [-0.25, -0.2) is 9.97 Å². The van der Waals surface area contributed by atoms with Crippen molar-refractivity contribution in [3.63, 3.8) is 0 Å². The Morgan fingerprint density at radius 3 is 2.38 bits per heavy atom. The van der Waals surface area contributed by atoms with Gasteiger partial charge in [0.25, 0.3) is 0 Å². The van der Waals surface area contributed by atoms with Gasteiger partial charge < -0.3 is 0 Å². The third-order valence-corrected chi connectivity index (χ3v) is 0.768. The van der Waals surface area contributed by atoms with Gasteiger partial charge in [-0.05, 0) is 12.1 Å². The number of aromatic nitrogens is 2. The van der Waals surface area contributed by atoms with Crippen molar-refractivity contribution in [3.05, 3.63) is 30.9 Å². The molecule has 0 amide bonds. The summed E-state index contributed by atoms with van der Waals surface area (Å²) in [4.78, 5) is 7.74. The van der Waals surface area contributed by atoms with Crippen LogP contribution in [0.15, 0.2) is 25.0 Å². The van der Waals surface area contributed by atoms with E-state index in [1.54, 1.807) is 24.5 Å². The van der Waals surface area contributed by atoms with Gasteiger partial charge in [0.2, 0.25) is 0 Å². The van der Waals surface area contributed by atoms with Crippen molar-refractivity contribution in [1.82, 2.24) is 9.97 Å². The van der Waals surface area contributed by atoms with E-state index in [4.69, 9.17) is 0 Å². The zero-order chi connectivity index (χ0) is 5.82. The van der Waals surface area contributed by atoms with Gasteiger partial charge >= 0.3 is 0 Å². The van der Waals surface area contributed by atoms with E-state index >= 15 is 0 Å². The van der Waals surface area contributed by atoms with Crippen LogP contribution in [-0.4, -0.2) is 9.97 Å². The maximum atomic E-state index is 3.87. The van der Waals surface area contributed by atoms with Crippen molar-refractivity contribution in [2.45, 2.75) is 0 Å². The minimum atomic E-state index is 0.674. The average Bonchev–Trinajstić information content (AvgIpc) is 1.90. The van der Waals surface area contributed by atoms with Gasteiger partial charge in [0.05, 0.1) is 0 Å².